The van der Waals surface area contributed by atoms with Crippen molar-refractivity contribution in [3.63, 3.8) is 0 Å². The Balaban J connectivity index is 1.74. The number of carbonyl (C=O) groups excluding carboxylic acids is 1. The zero-order valence-corrected chi connectivity index (χ0v) is 21.0. The number of hydrogen-bond acceptors (Lipinski definition) is 4. The summed E-state index contributed by atoms with van der Waals surface area (Å²) in [6.45, 7) is 5.71. The zero-order valence-electron chi connectivity index (χ0n) is 19.4. The third kappa shape index (κ3) is 6.62. The molecule has 0 aliphatic rings. The lowest BCUT2D eigenvalue weighted by Gasteiger charge is -2.30. The van der Waals surface area contributed by atoms with Gasteiger partial charge in [0, 0.05) is 16.3 Å². The first-order valence-corrected chi connectivity index (χ1v) is 13.7. The van der Waals surface area contributed by atoms with E-state index < -0.39 is 16.1 Å². The van der Waals surface area contributed by atoms with Crippen LogP contribution in [0.2, 0.25) is 0 Å². The predicted octanol–water partition coefficient (Wildman–Crippen LogP) is 5.78. The standard InChI is InChI=1S/C26H30N2O3S2/c1-5-25(28(33(4,30)31)23-16-11-19(2)20(3)17-23)26(29)27-22-14-12-21(13-15-22)18-32-24-9-7-6-8-10-24/h6-17,25H,5,18H2,1-4H3,(H,27,29)/t25-/m0/s1. The molecule has 0 spiro atoms. The summed E-state index contributed by atoms with van der Waals surface area (Å²) >= 11 is 1.75. The van der Waals surface area contributed by atoms with E-state index in [0.29, 0.717) is 17.8 Å². The highest BCUT2D eigenvalue weighted by atomic mass is 32.2. The minimum absolute atomic E-state index is 0.345. The maximum Gasteiger partial charge on any atom is 0.248 e. The molecule has 0 saturated heterocycles. The quantitative estimate of drug-likeness (QED) is 0.393. The fraction of sp³-hybridized carbons (Fsp3) is 0.269. The number of nitrogens with zero attached hydrogens (tertiary/aromatic N) is 1. The SMILES string of the molecule is CC[C@@H](C(=O)Nc1ccc(CSc2ccccc2)cc1)N(c1ccc(C)c(C)c1)S(C)(=O)=O. The van der Waals surface area contributed by atoms with Gasteiger partial charge in [-0.1, -0.05) is 43.3 Å². The molecule has 33 heavy (non-hydrogen) atoms. The van der Waals surface area contributed by atoms with E-state index in [-0.39, 0.29) is 5.91 Å². The van der Waals surface area contributed by atoms with Crippen LogP contribution in [0.1, 0.15) is 30.0 Å². The number of thioether (sulfide) groups is 1. The second-order valence-corrected chi connectivity index (χ2v) is 10.9. The largest absolute Gasteiger partial charge is 0.324 e. The van der Waals surface area contributed by atoms with Crippen molar-refractivity contribution in [1.29, 1.82) is 0 Å². The van der Waals surface area contributed by atoms with Crippen LogP contribution in [0.3, 0.4) is 0 Å². The first kappa shape index (κ1) is 24.9. The van der Waals surface area contributed by atoms with Crippen molar-refractivity contribution in [2.45, 2.75) is 43.9 Å². The first-order valence-electron chi connectivity index (χ1n) is 10.8. The summed E-state index contributed by atoms with van der Waals surface area (Å²) in [5.41, 5.74) is 4.31. The Bertz CT molecular complexity index is 1190. The van der Waals surface area contributed by atoms with Crippen molar-refractivity contribution in [2.75, 3.05) is 15.9 Å². The summed E-state index contributed by atoms with van der Waals surface area (Å²) in [6, 6.07) is 22.4. The molecule has 0 fully saturated rings. The fourth-order valence-corrected chi connectivity index (χ4v) is 5.60. The van der Waals surface area contributed by atoms with E-state index >= 15 is 0 Å². The van der Waals surface area contributed by atoms with Crippen LogP contribution in [-0.4, -0.2) is 26.6 Å². The van der Waals surface area contributed by atoms with Gasteiger partial charge in [0.05, 0.1) is 11.9 Å². The van der Waals surface area contributed by atoms with Crippen LogP contribution in [-0.2, 0) is 20.6 Å². The van der Waals surface area contributed by atoms with Crippen LogP contribution >= 0.6 is 11.8 Å². The minimum atomic E-state index is -3.67. The lowest BCUT2D eigenvalue weighted by atomic mass is 10.1. The van der Waals surface area contributed by atoms with Gasteiger partial charge in [0.25, 0.3) is 0 Å². The van der Waals surface area contributed by atoms with Crippen LogP contribution in [0.15, 0.2) is 77.7 Å². The molecule has 0 radical (unpaired) electrons. The number of rotatable bonds is 9. The molecular weight excluding hydrogens is 452 g/mol. The molecule has 174 valence electrons. The number of carbonyl (C=O) groups is 1. The molecule has 1 atom stereocenters. The van der Waals surface area contributed by atoms with E-state index in [2.05, 4.69) is 17.4 Å². The highest BCUT2D eigenvalue weighted by Crippen LogP contribution is 2.26. The van der Waals surface area contributed by atoms with Gasteiger partial charge in [0.2, 0.25) is 15.9 Å². The van der Waals surface area contributed by atoms with Crippen LogP contribution < -0.4 is 9.62 Å². The van der Waals surface area contributed by atoms with E-state index in [9.17, 15) is 13.2 Å². The highest BCUT2D eigenvalue weighted by Gasteiger charge is 2.31. The second-order valence-electron chi connectivity index (χ2n) is 8.04. The molecule has 0 saturated carbocycles. The van der Waals surface area contributed by atoms with Crippen LogP contribution in [0.25, 0.3) is 0 Å². The third-order valence-corrected chi connectivity index (χ3v) is 7.71. The number of anilines is 2. The molecule has 5 nitrogen and oxygen atoms in total. The van der Waals surface area contributed by atoms with Gasteiger partial charge in [-0.2, -0.15) is 0 Å². The molecule has 1 N–H and O–H groups in total. The Labute approximate surface area is 201 Å². The van der Waals surface area contributed by atoms with Gasteiger partial charge in [-0.3, -0.25) is 9.10 Å². The van der Waals surface area contributed by atoms with Crippen molar-refractivity contribution in [1.82, 2.24) is 0 Å². The van der Waals surface area contributed by atoms with Gasteiger partial charge in [-0.05, 0) is 73.4 Å². The lowest BCUT2D eigenvalue weighted by molar-refractivity contribution is -0.117. The summed E-state index contributed by atoms with van der Waals surface area (Å²) in [5.74, 6) is 0.470. The fourth-order valence-electron chi connectivity index (χ4n) is 3.52. The lowest BCUT2D eigenvalue weighted by Crippen LogP contribution is -2.47. The maximum atomic E-state index is 13.1. The second kappa shape index (κ2) is 10.9. The maximum absolute atomic E-state index is 13.1. The van der Waals surface area contributed by atoms with Crippen LogP contribution in [0, 0.1) is 13.8 Å². The molecule has 0 unspecified atom stereocenters. The molecule has 0 aliphatic carbocycles. The Morgan fingerprint density at radius 1 is 0.970 bits per heavy atom. The average Bonchev–Trinajstić information content (AvgIpc) is 2.78. The molecule has 7 heteroatoms. The average molecular weight is 483 g/mol. The number of amides is 1. The Morgan fingerprint density at radius 3 is 2.21 bits per heavy atom. The molecule has 3 rings (SSSR count). The van der Waals surface area contributed by atoms with E-state index in [1.54, 1.807) is 17.8 Å². The Morgan fingerprint density at radius 2 is 1.64 bits per heavy atom. The molecule has 0 heterocycles. The van der Waals surface area contributed by atoms with E-state index in [1.165, 1.54) is 9.20 Å². The summed E-state index contributed by atoms with van der Waals surface area (Å²) in [5, 5.41) is 2.89. The van der Waals surface area contributed by atoms with Crippen molar-refractivity contribution < 1.29 is 13.2 Å². The third-order valence-electron chi connectivity index (χ3n) is 5.44. The molecule has 0 bridgehead atoms. The summed E-state index contributed by atoms with van der Waals surface area (Å²) in [4.78, 5) is 14.3. The van der Waals surface area contributed by atoms with Gasteiger partial charge in [-0.25, -0.2) is 8.42 Å². The van der Waals surface area contributed by atoms with E-state index in [0.717, 1.165) is 28.7 Å². The van der Waals surface area contributed by atoms with Crippen molar-refractivity contribution >= 4 is 39.1 Å². The minimum Gasteiger partial charge on any atom is -0.324 e. The van der Waals surface area contributed by atoms with Gasteiger partial charge in [0.1, 0.15) is 6.04 Å². The number of hydrogen-bond donors (Lipinski definition) is 1. The number of sulfonamides is 1. The van der Waals surface area contributed by atoms with Crippen molar-refractivity contribution in [2.24, 2.45) is 0 Å². The monoisotopic (exact) mass is 482 g/mol. The highest BCUT2D eigenvalue weighted by molar-refractivity contribution is 7.98. The number of nitrogens with one attached hydrogen (secondary N) is 1. The van der Waals surface area contributed by atoms with E-state index in [1.807, 2.05) is 75.4 Å². The predicted molar refractivity (Wildman–Crippen MR) is 138 cm³/mol. The van der Waals surface area contributed by atoms with Gasteiger partial charge < -0.3 is 5.32 Å². The molecule has 0 aliphatic heterocycles. The molecular formula is C26H30N2O3S2. The van der Waals surface area contributed by atoms with Crippen LogP contribution in [0.4, 0.5) is 11.4 Å². The molecule has 3 aromatic carbocycles. The number of aryl methyl sites for hydroxylation is 2. The van der Waals surface area contributed by atoms with Crippen molar-refractivity contribution in [3.8, 4) is 0 Å². The van der Waals surface area contributed by atoms with Crippen molar-refractivity contribution in [3.05, 3.63) is 89.5 Å². The first-order chi connectivity index (χ1) is 15.7. The molecule has 0 aromatic heterocycles. The Kier molecular flexibility index (Phi) is 8.21. The Hall–Kier alpha value is -2.77. The van der Waals surface area contributed by atoms with Gasteiger partial charge in [0.15, 0.2) is 0 Å². The number of benzene rings is 3. The molecule has 1 amide bonds. The van der Waals surface area contributed by atoms with Gasteiger partial charge >= 0.3 is 0 Å². The van der Waals surface area contributed by atoms with Crippen LogP contribution in [0.5, 0.6) is 0 Å². The van der Waals surface area contributed by atoms with Gasteiger partial charge in [-0.15, -0.1) is 11.8 Å². The summed E-state index contributed by atoms with van der Waals surface area (Å²) < 4.78 is 26.5. The summed E-state index contributed by atoms with van der Waals surface area (Å²) in [7, 11) is -3.67. The normalized spacial score (nSPS) is 12.2. The van der Waals surface area contributed by atoms with E-state index in [4.69, 9.17) is 0 Å². The summed E-state index contributed by atoms with van der Waals surface area (Å²) in [6.07, 6.45) is 1.48. The zero-order chi connectivity index (χ0) is 24.0. The topological polar surface area (TPSA) is 66.5 Å². The smallest absolute Gasteiger partial charge is 0.248 e. The molecule has 3 aromatic rings.